The van der Waals surface area contributed by atoms with Crippen LogP contribution in [0.4, 0.5) is 5.82 Å². The van der Waals surface area contributed by atoms with E-state index in [0.29, 0.717) is 6.54 Å². The average molecular weight is 273 g/mol. The highest BCUT2D eigenvalue weighted by molar-refractivity contribution is 5.42. The molecule has 0 bridgehead atoms. The summed E-state index contributed by atoms with van der Waals surface area (Å²) in [6, 6.07) is 5.83. The van der Waals surface area contributed by atoms with Crippen molar-refractivity contribution >= 4 is 5.82 Å². The second-order valence-corrected chi connectivity index (χ2v) is 4.60. The van der Waals surface area contributed by atoms with Crippen LogP contribution in [0.3, 0.4) is 0 Å². The van der Waals surface area contributed by atoms with Crippen LogP contribution >= 0.6 is 0 Å². The molecule has 5 heteroatoms. The van der Waals surface area contributed by atoms with Gasteiger partial charge in [-0.05, 0) is 24.6 Å². The van der Waals surface area contributed by atoms with Crippen LogP contribution in [0.5, 0.6) is 11.5 Å². The first-order valence-electron chi connectivity index (χ1n) is 6.34. The third kappa shape index (κ3) is 3.38. The Morgan fingerprint density at radius 3 is 2.25 bits per heavy atom. The van der Waals surface area contributed by atoms with Crippen LogP contribution in [0.25, 0.3) is 0 Å². The standard InChI is InChI=1S/C15H19N3O2/c1-11-8-16-9-15(17-11)18(2)10-12-5-13(19-3)7-14(6-12)20-4/h5-9H,10H2,1-4H3. The van der Waals surface area contributed by atoms with Crippen LogP contribution in [0.15, 0.2) is 30.6 Å². The molecule has 1 aromatic heterocycles. The minimum atomic E-state index is 0.700. The van der Waals surface area contributed by atoms with Gasteiger partial charge in [-0.3, -0.25) is 4.98 Å². The van der Waals surface area contributed by atoms with E-state index in [9.17, 15) is 0 Å². The molecular weight excluding hydrogens is 254 g/mol. The second kappa shape index (κ2) is 6.23. The molecule has 0 aliphatic rings. The molecule has 20 heavy (non-hydrogen) atoms. The molecule has 0 spiro atoms. The topological polar surface area (TPSA) is 47.5 Å². The molecule has 106 valence electrons. The van der Waals surface area contributed by atoms with Crippen LogP contribution in [-0.4, -0.2) is 31.2 Å². The molecule has 1 heterocycles. The Kier molecular flexibility index (Phi) is 4.40. The van der Waals surface area contributed by atoms with Gasteiger partial charge in [0.25, 0.3) is 0 Å². The summed E-state index contributed by atoms with van der Waals surface area (Å²) in [6.45, 7) is 2.63. The first kappa shape index (κ1) is 14.1. The van der Waals surface area contributed by atoms with E-state index in [1.807, 2.05) is 37.1 Å². The van der Waals surface area contributed by atoms with Crippen molar-refractivity contribution in [1.82, 2.24) is 9.97 Å². The minimum Gasteiger partial charge on any atom is -0.497 e. The molecule has 0 N–H and O–H groups in total. The predicted octanol–water partition coefficient (Wildman–Crippen LogP) is 2.44. The molecule has 0 aliphatic heterocycles. The van der Waals surface area contributed by atoms with Gasteiger partial charge in [-0.2, -0.15) is 0 Å². The van der Waals surface area contributed by atoms with Gasteiger partial charge in [0.05, 0.1) is 26.1 Å². The molecule has 0 saturated carbocycles. The maximum absolute atomic E-state index is 5.28. The van der Waals surface area contributed by atoms with Crippen molar-refractivity contribution in [2.75, 3.05) is 26.2 Å². The van der Waals surface area contributed by atoms with Crippen molar-refractivity contribution in [3.63, 3.8) is 0 Å². The van der Waals surface area contributed by atoms with Crippen LogP contribution in [0.2, 0.25) is 0 Å². The summed E-state index contributed by atoms with van der Waals surface area (Å²) < 4.78 is 10.6. The fourth-order valence-corrected chi connectivity index (χ4v) is 1.95. The van der Waals surface area contributed by atoms with E-state index in [1.165, 1.54) is 0 Å². The number of ether oxygens (including phenoxy) is 2. The van der Waals surface area contributed by atoms with Gasteiger partial charge in [0, 0.05) is 25.9 Å². The lowest BCUT2D eigenvalue weighted by Gasteiger charge is -2.19. The van der Waals surface area contributed by atoms with Gasteiger partial charge < -0.3 is 14.4 Å². The predicted molar refractivity (Wildman–Crippen MR) is 78.4 cm³/mol. The summed E-state index contributed by atoms with van der Waals surface area (Å²) in [4.78, 5) is 10.7. The van der Waals surface area contributed by atoms with Crippen molar-refractivity contribution in [1.29, 1.82) is 0 Å². The molecule has 0 radical (unpaired) electrons. The summed E-state index contributed by atoms with van der Waals surface area (Å²) in [5.74, 6) is 2.40. The van der Waals surface area contributed by atoms with Gasteiger partial charge in [-0.15, -0.1) is 0 Å². The van der Waals surface area contributed by atoms with Crippen LogP contribution in [0.1, 0.15) is 11.3 Å². The second-order valence-electron chi connectivity index (χ2n) is 4.60. The third-order valence-electron chi connectivity index (χ3n) is 2.96. The van der Waals surface area contributed by atoms with Crippen molar-refractivity contribution in [2.24, 2.45) is 0 Å². The van der Waals surface area contributed by atoms with Gasteiger partial charge in [0.2, 0.25) is 0 Å². The Labute approximate surface area is 119 Å². The zero-order valence-corrected chi connectivity index (χ0v) is 12.3. The van der Waals surface area contributed by atoms with E-state index in [2.05, 4.69) is 9.97 Å². The summed E-state index contributed by atoms with van der Waals surface area (Å²) >= 11 is 0. The molecule has 2 rings (SSSR count). The SMILES string of the molecule is COc1cc(CN(C)c2cncc(C)n2)cc(OC)c1. The van der Waals surface area contributed by atoms with Gasteiger partial charge in [-0.25, -0.2) is 4.98 Å². The number of hydrogen-bond donors (Lipinski definition) is 0. The minimum absolute atomic E-state index is 0.700. The van der Waals surface area contributed by atoms with Crippen molar-refractivity contribution < 1.29 is 9.47 Å². The fraction of sp³-hybridized carbons (Fsp3) is 0.333. The van der Waals surface area contributed by atoms with E-state index in [0.717, 1.165) is 28.6 Å². The number of aromatic nitrogens is 2. The monoisotopic (exact) mass is 273 g/mol. The van der Waals surface area contributed by atoms with Gasteiger partial charge >= 0.3 is 0 Å². The molecule has 2 aromatic rings. The molecule has 0 atom stereocenters. The number of hydrogen-bond acceptors (Lipinski definition) is 5. The maximum Gasteiger partial charge on any atom is 0.147 e. The Morgan fingerprint density at radius 1 is 1.05 bits per heavy atom. The molecule has 5 nitrogen and oxygen atoms in total. The highest BCUT2D eigenvalue weighted by Crippen LogP contribution is 2.24. The largest absolute Gasteiger partial charge is 0.497 e. The average Bonchev–Trinajstić information content (AvgIpc) is 2.46. The summed E-state index contributed by atoms with van der Waals surface area (Å²) in [5.41, 5.74) is 1.99. The van der Waals surface area contributed by atoms with E-state index < -0.39 is 0 Å². The lowest BCUT2D eigenvalue weighted by molar-refractivity contribution is 0.393. The molecule has 0 fully saturated rings. The summed E-state index contributed by atoms with van der Waals surface area (Å²) in [6.07, 6.45) is 3.50. The highest BCUT2D eigenvalue weighted by atomic mass is 16.5. The number of aryl methyl sites for hydroxylation is 1. The van der Waals surface area contributed by atoms with Gasteiger partial charge in [-0.1, -0.05) is 0 Å². The lowest BCUT2D eigenvalue weighted by Crippen LogP contribution is -2.18. The van der Waals surface area contributed by atoms with E-state index in [4.69, 9.17) is 9.47 Å². The van der Waals surface area contributed by atoms with Crippen LogP contribution in [0, 0.1) is 6.92 Å². The molecule has 1 aromatic carbocycles. The van der Waals surface area contributed by atoms with Crippen LogP contribution in [-0.2, 0) is 6.54 Å². The number of benzene rings is 1. The first-order chi connectivity index (χ1) is 9.62. The molecule has 0 aliphatic carbocycles. The summed E-state index contributed by atoms with van der Waals surface area (Å²) in [5, 5.41) is 0. The van der Waals surface area contributed by atoms with E-state index >= 15 is 0 Å². The van der Waals surface area contributed by atoms with E-state index in [1.54, 1.807) is 26.6 Å². The molecular formula is C15H19N3O2. The zero-order valence-electron chi connectivity index (χ0n) is 12.3. The Balaban J connectivity index is 2.20. The smallest absolute Gasteiger partial charge is 0.147 e. The van der Waals surface area contributed by atoms with Crippen molar-refractivity contribution in [2.45, 2.75) is 13.5 Å². The Morgan fingerprint density at radius 2 is 1.70 bits per heavy atom. The first-order valence-corrected chi connectivity index (χ1v) is 6.34. The number of anilines is 1. The normalized spacial score (nSPS) is 10.2. The number of methoxy groups -OCH3 is 2. The van der Waals surface area contributed by atoms with E-state index in [-0.39, 0.29) is 0 Å². The van der Waals surface area contributed by atoms with Crippen molar-refractivity contribution in [3.05, 3.63) is 41.9 Å². The quantitative estimate of drug-likeness (QED) is 0.837. The fourth-order valence-electron chi connectivity index (χ4n) is 1.95. The van der Waals surface area contributed by atoms with Crippen LogP contribution < -0.4 is 14.4 Å². The lowest BCUT2D eigenvalue weighted by atomic mass is 10.2. The number of rotatable bonds is 5. The maximum atomic E-state index is 5.28. The number of nitrogens with zero attached hydrogens (tertiary/aromatic N) is 3. The van der Waals surface area contributed by atoms with Crippen molar-refractivity contribution in [3.8, 4) is 11.5 Å². The zero-order chi connectivity index (χ0) is 14.5. The van der Waals surface area contributed by atoms with Gasteiger partial charge in [0.1, 0.15) is 17.3 Å². The molecule has 0 saturated heterocycles. The highest BCUT2D eigenvalue weighted by Gasteiger charge is 2.07. The Hall–Kier alpha value is -2.30. The summed E-state index contributed by atoms with van der Waals surface area (Å²) in [7, 11) is 5.28. The third-order valence-corrected chi connectivity index (χ3v) is 2.96. The van der Waals surface area contributed by atoms with Gasteiger partial charge in [0.15, 0.2) is 0 Å². The molecule has 0 amide bonds. The Bertz CT molecular complexity index is 565. The molecule has 0 unspecified atom stereocenters.